The number of nitrogens with one attached hydrogen (secondary N) is 1. The number of nitrogens with zero attached hydrogens (tertiary/aromatic N) is 3. The molecule has 0 aromatic carbocycles. The van der Waals surface area contributed by atoms with E-state index < -0.39 is 0 Å². The van der Waals surface area contributed by atoms with Gasteiger partial charge >= 0.3 is 0 Å². The highest BCUT2D eigenvalue weighted by Gasteiger charge is 2.05. The van der Waals surface area contributed by atoms with Gasteiger partial charge in [0.1, 0.15) is 5.82 Å². The quantitative estimate of drug-likeness (QED) is 0.857. The molecule has 2 heterocycles. The summed E-state index contributed by atoms with van der Waals surface area (Å²) in [6, 6.07) is 1.59. The molecule has 2 aromatic rings. The predicted octanol–water partition coefficient (Wildman–Crippen LogP) is 1.77. The van der Waals surface area contributed by atoms with Crippen molar-refractivity contribution in [2.24, 2.45) is 0 Å². The third kappa shape index (κ3) is 3.35. The lowest BCUT2D eigenvalue weighted by molar-refractivity contribution is 0.525. The molecular weight excluding hydrogens is 219 g/mol. The fourth-order valence-electron chi connectivity index (χ4n) is 1.61. The second-order valence-corrected chi connectivity index (χ2v) is 3.91. The Hall–Kier alpha value is -1.75. The summed E-state index contributed by atoms with van der Waals surface area (Å²) in [7, 11) is 0. The number of rotatable bonds is 5. The zero-order chi connectivity index (χ0) is 12.1. The van der Waals surface area contributed by atoms with Gasteiger partial charge in [-0.25, -0.2) is 9.37 Å². The highest BCUT2D eigenvalue weighted by Crippen LogP contribution is 2.11. The van der Waals surface area contributed by atoms with E-state index in [1.165, 1.54) is 12.3 Å². The van der Waals surface area contributed by atoms with Gasteiger partial charge in [0.25, 0.3) is 0 Å². The van der Waals surface area contributed by atoms with Crippen molar-refractivity contribution in [3.05, 3.63) is 48.6 Å². The number of imidazole rings is 1. The normalized spacial score (nSPS) is 12.6. The third-order valence-corrected chi connectivity index (χ3v) is 2.61. The van der Waals surface area contributed by atoms with E-state index in [-0.39, 0.29) is 11.9 Å². The Morgan fingerprint density at radius 1 is 1.41 bits per heavy atom. The number of hydrogen-bond acceptors (Lipinski definition) is 3. The van der Waals surface area contributed by atoms with Crippen molar-refractivity contribution >= 4 is 0 Å². The van der Waals surface area contributed by atoms with Crippen LogP contribution in [0.2, 0.25) is 0 Å². The van der Waals surface area contributed by atoms with Crippen LogP contribution in [0, 0.1) is 5.82 Å². The van der Waals surface area contributed by atoms with Crippen LogP contribution in [0.5, 0.6) is 0 Å². The molecular formula is C12H15FN4. The molecule has 0 radical (unpaired) electrons. The van der Waals surface area contributed by atoms with Gasteiger partial charge in [-0.1, -0.05) is 0 Å². The largest absolute Gasteiger partial charge is 0.336 e. The maximum atomic E-state index is 13.0. The first-order valence-corrected chi connectivity index (χ1v) is 5.55. The molecule has 17 heavy (non-hydrogen) atoms. The summed E-state index contributed by atoms with van der Waals surface area (Å²) in [5.74, 6) is -0.300. The Morgan fingerprint density at radius 2 is 2.29 bits per heavy atom. The Bertz CT molecular complexity index is 455. The van der Waals surface area contributed by atoms with E-state index in [0.29, 0.717) is 0 Å². The summed E-state index contributed by atoms with van der Waals surface area (Å²) in [5, 5.41) is 3.31. The van der Waals surface area contributed by atoms with Crippen molar-refractivity contribution in [3.63, 3.8) is 0 Å². The topological polar surface area (TPSA) is 42.7 Å². The average molecular weight is 234 g/mol. The molecule has 0 fully saturated rings. The highest BCUT2D eigenvalue weighted by atomic mass is 19.1. The van der Waals surface area contributed by atoms with Gasteiger partial charge in [-0.05, 0) is 18.6 Å². The van der Waals surface area contributed by atoms with Crippen LogP contribution < -0.4 is 5.32 Å². The van der Waals surface area contributed by atoms with Crippen LogP contribution in [-0.4, -0.2) is 21.1 Å². The molecule has 1 atom stereocenters. The van der Waals surface area contributed by atoms with Gasteiger partial charge in [0.2, 0.25) is 0 Å². The van der Waals surface area contributed by atoms with E-state index in [1.54, 1.807) is 18.7 Å². The minimum Gasteiger partial charge on any atom is -0.336 e. The van der Waals surface area contributed by atoms with Crippen LogP contribution >= 0.6 is 0 Å². The molecule has 1 unspecified atom stereocenters. The summed E-state index contributed by atoms with van der Waals surface area (Å²) >= 11 is 0. The van der Waals surface area contributed by atoms with Crippen LogP contribution in [0.1, 0.15) is 18.5 Å². The summed E-state index contributed by atoms with van der Waals surface area (Å²) in [4.78, 5) is 7.80. The van der Waals surface area contributed by atoms with Crippen molar-refractivity contribution < 1.29 is 4.39 Å². The SMILES string of the molecule is CC(NCCn1ccnc1)c1cncc(F)c1. The summed E-state index contributed by atoms with van der Waals surface area (Å²) < 4.78 is 15.0. The molecule has 0 saturated heterocycles. The Labute approximate surface area is 99.5 Å². The van der Waals surface area contributed by atoms with Gasteiger partial charge in [-0.15, -0.1) is 0 Å². The first-order valence-electron chi connectivity index (χ1n) is 5.55. The molecule has 0 aliphatic carbocycles. The molecule has 0 saturated carbocycles. The Kier molecular flexibility index (Phi) is 3.82. The minimum absolute atomic E-state index is 0.0849. The van der Waals surface area contributed by atoms with Gasteiger partial charge < -0.3 is 9.88 Å². The second-order valence-electron chi connectivity index (χ2n) is 3.91. The number of pyridine rings is 1. The highest BCUT2D eigenvalue weighted by molar-refractivity contribution is 5.14. The van der Waals surface area contributed by atoms with Crippen LogP contribution in [0.4, 0.5) is 4.39 Å². The fourth-order valence-corrected chi connectivity index (χ4v) is 1.61. The Balaban J connectivity index is 1.83. The molecule has 0 amide bonds. The van der Waals surface area contributed by atoms with Crippen LogP contribution in [0.3, 0.4) is 0 Å². The lowest BCUT2D eigenvalue weighted by Crippen LogP contribution is -2.23. The number of halogens is 1. The lowest BCUT2D eigenvalue weighted by atomic mass is 10.1. The summed E-state index contributed by atoms with van der Waals surface area (Å²) in [6.07, 6.45) is 8.33. The molecule has 2 rings (SSSR count). The summed E-state index contributed by atoms with van der Waals surface area (Å²) in [5.41, 5.74) is 0.857. The van der Waals surface area contributed by atoms with Crippen LogP contribution in [0.15, 0.2) is 37.2 Å². The minimum atomic E-state index is -0.300. The fraction of sp³-hybridized carbons (Fsp3) is 0.333. The van der Waals surface area contributed by atoms with Gasteiger partial charge in [-0.3, -0.25) is 4.98 Å². The molecule has 2 aromatic heterocycles. The standard InChI is InChI=1S/C12H15FN4/c1-10(11-6-12(13)8-15-7-11)16-3-5-17-4-2-14-9-17/h2,4,6-10,16H,3,5H2,1H3. The van der Waals surface area contributed by atoms with Gasteiger partial charge in [0.15, 0.2) is 0 Å². The average Bonchev–Trinajstić information content (AvgIpc) is 2.82. The van der Waals surface area contributed by atoms with Crippen LogP contribution in [0.25, 0.3) is 0 Å². The van der Waals surface area contributed by atoms with E-state index in [2.05, 4.69) is 15.3 Å². The maximum absolute atomic E-state index is 13.0. The molecule has 0 bridgehead atoms. The Morgan fingerprint density at radius 3 is 3.00 bits per heavy atom. The van der Waals surface area contributed by atoms with Crippen molar-refractivity contribution in [3.8, 4) is 0 Å². The molecule has 90 valence electrons. The van der Waals surface area contributed by atoms with E-state index in [4.69, 9.17) is 0 Å². The predicted molar refractivity (Wildman–Crippen MR) is 62.8 cm³/mol. The number of hydrogen-bond donors (Lipinski definition) is 1. The van der Waals surface area contributed by atoms with E-state index >= 15 is 0 Å². The number of aromatic nitrogens is 3. The van der Waals surface area contributed by atoms with Crippen LogP contribution in [-0.2, 0) is 6.54 Å². The smallest absolute Gasteiger partial charge is 0.141 e. The molecule has 0 aliphatic rings. The molecule has 5 heteroatoms. The van der Waals surface area contributed by atoms with Crippen molar-refractivity contribution in [1.29, 1.82) is 0 Å². The van der Waals surface area contributed by atoms with Crippen molar-refractivity contribution in [2.45, 2.75) is 19.5 Å². The summed E-state index contributed by atoms with van der Waals surface area (Å²) in [6.45, 7) is 3.63. The van der Waals surface area contributed by atoms with E-state index in [9.17, 15) is 4.39 Å². The molecule has 0 spiro atoms. The zero-order valence-corrected chi connectivity index (χ0v) is 9.68. The lowest BCUT2D eigenvalue weighted by Gasteiger charge is -2.13. The van der Waals surface area contributed by atoms with E-state index in [1.807, 2.05) is 17.7 Å². The van der Waals surface area contributed by atoms with Crippen molar-refractivity contribution in [2.75, 3.05) is 6.54 Å². The molecule has 0 aliphatic heterocycles. The zero-order valence-electron chi connectivity index (χ0n) is 9.68. The van der Waals surface area contributed by atoms with Gasteiger partial charge in [0.05, 0.1) is 12.5 Å². The second kappa shape index (κ2) is 5.54. The van der Waals surface area contributed by atoms with Gasteiger partial charge in [-0.2, -0.15) is 0 Å². The molecule has 4 nitrogen and oxygen atoms in total. The first kappa shape index (κ1) is 11.7. The monoisotopic (exact) mass is 234 g/mol. The first-order chi connectivity index (χ1) is 8.25. The third-order valence-electron chi connectivity index (χ3n) is 2.61. The maximum Gasteiger partial charge on any atom is 0.141 e. The van der Waals surface area contributed by atoms with Crippen molar-refractivity contribution in [1.82, 2.24) is 19.9 Å². The molecule has 1 N–H and O–H groups in total. The van der Waals surface area contributed by atoms with E-state index in [0.717, 1.165) is 18.7 Å². The van der Waals surface area contributed by atoms with Gasteiger partial charge in [0, 0.05) is 37.7 Å².